The van der Waals surface area contributed by atoms with Crippen molar-refractivity contribution in [1.29, 1.82) is 0 Å². The molecule has 1 fully saturated rings. The third-order valence-electron chi connectivity index (χ3n) is 3.62. The van der Waals surface area contributed by atoms with Gasteiger partial charge in [0, 0.05) is 24.6 Å². The average molecular weight is 294 g/mol. The Kier molecular flexibility index (Phi) is 3.82. The van der Waals surface area contributed by atoms with Gasteiger partial charge in [-0.15, -0.1) is 4.68 Å². The van der Waals surface area contributed by atoms with E-state index in [9.17, 15) is 4.91 Å². The van der Waals surface area contributed by atoms with Crippen molar-refractivity contribution in [1.82, 2.24) is 19.7 Å². The number of thioether (sulfide) groups is 1. The molecule has 2 aromatic rings. The van der Waals surface area contributed by atoms with E-state index in [1.165, 1.54) is 0 Å². The molecule has 3 rings (SSSR count). The van der Waals surface area contributed by atoms with Gasteiger partial charge >= 0.3 is 0 Å². The van der Waals surface area contributed by atoms with Crippen LogP contribution in [0.5, 0.6) is 0 Å². The van der Waals surface area contributed by atoms with Gasteiger partial charge in [0.1, 0.15) is 0 Å². The van der Waals surface area contributed by atoms with Crippen LogP contribution in [0.15, 0.2) is 24.3 Å². The Morgan fingerprint density at radius 1 is 1.30 bits per heavy atom. The highest BCUT2D eigenvalue weighted by molar-refractivity contribution is 7.99. The number of nitrogens with zero attached hydrogens (tertiary/aromatic N) is 4. The highest BCUT2D eigenvalue weighted by Gasteiger charge is 2.31. The molecule has 0 radical (unpaired) electrons. The lowest BCUT2D eigenvalue weighted by molar-refractivity contribution is -0.542. The number of H-pyrrole nitrogens is 1. The van der Waals surface area contributed by atoms with Gasteiger partial charge in [-0.1, -0.05) is 17.3 Å². The van der Waals surface area contributed by atoms with Gasteiger partial charge < -0.3 is 0 Å². The predicted molar refractivity (Wildman–Crippen MR) is 81.3 cm³/mol. The zero-order chi connectivity index (χ0) is 14.1. The number of aromatic nitrogens is 3. The largest absolute Gasteiger partial charge is 0.256 e. The van der Waals surface area contributed by atoms with E-state index in [2.05, 4.69) is 15.0 Å². The van der Waals surface area contributed by atoms with E-state index < -0.39 is 0 Å². The topological polar surface area (TPSA) is 50.2 Å². The number of hydrogen-bond donors (Lipinski definition) is 1. The minimum absolute atomic E-state index is 0.0380. The summed E-state index contributed by atoms with van der Waals surface area (Å²) in [6.07, 6.45) is 0.0380. The second kappa shape index (κ2) is 5.59. The quantitative estimate of drug-likeness (QED) is 0.856. The van der Waals surface area contributed by atoms with Gasteiger partial charge in [-0.2, -0.15) is 11.8 Å². The van der Waals surface area contributed by atoms with E-state index in [-0.39, 0.29) is 6.29 Å². The number of nitrogens with one attached hydrogen (secondary N) is 1. The average Bonchev–Trinajstić information content (AvgIpc) is 2.78. The van der Waals surface area contributed by atoms with Crippen molar-refractivity contribution in [3.05, 3.63) is 29.2 Å². The zero-order valence-electron chi connectivity index (χ0n) is 11.8. The number of aromatic amines is 1. The van der Waals surface area contributed by atoms with Crippen LogP contribution in [-0.4, -0.2) is 58.4 Å². The third-order valence-corrected chi connectivity index (χ3v) is 4.57. The lowest BCUT2D eigenvalue weighted by atomic mass is 10.3. The Labute approximate surface area is 121 Å². The first-order chi connectivity index (χ1) is 9.68. The number of para-hydroxylation sites is 2. The molecule has 0 bridgehead atoms. The maximum atomic E-state index is 12.0. The van der Waals surface area contributed by atoms with Crippen molar-refractivity contribution in [3.63, 3.8) is 0 Å². The Balaban J connectivity index is 2.07. The summed E-state index contributed by atoms with van der Waals surface area (Å²) in [4.78, 5) is 16.5. The van der Waals surface area contributed by atoms with Crippen molar-refractivity contribution < 1.29 is 4.54 Å². The monoisotopic (exact) mass is 294 g/mol. The normalized spacial score (nSPS) is 18.8. The van der Waals surface area contributed by atoms with Crippen LogP contribution in [0, 0.1) is 4.91 Å². The summed E-state index contributed by atoms with van der Waals surface area (Å²) in [6.45, 7) is 2.07. The van der Waals surface area contributed by atoms with Crippen LogP contribution >= 0.6 is 11.8 Å². The molecule has 1 aromatic heterocycles. The second-order valence-electron chi connectivity index (χ2n) is 5.21. The third kappa shape index (κ3) is 2.36. The summed E-state index contributed by atoms with van der Waals surface area (Å²) in [5.74, 6) is 2.28. The number of rotatable bonds is 3. The van der Waals surface area contributed by atoms with Crippen LogP contribution < -0.4 is 4.54 Å². The molecule has 1 unspecified atom stereocenters. The molecule has 1 aromatic carbocycles. The summed E-state index contributed by atoms with van der Waals surface area (Å²) in [7, 11) is 4.09. The van der Waals surface area contributed by atoms with E-state index in [1.54, 1.807) is 0 Å². The standard InChI is InChI=1S/C13H20N5OS/c1-15(2)13(16-7-9-20-10-8-16)17-11-5-3-4-6-12(11)18(19)14-17/h3-6,13H,7-10H2,1-2H3,(H,14,19)/q+1. The molecule has 1 atom stereocenters. The van der Waals surface area contributed by atoms with E-state index in [4.69, 9.17) is 0 Å². The van der Waals surface area contributed by atoms with Crippen molar-refractivity contribution in [2.24, 2.45) is 0 Å². The lowest BCUT2D eigenvalue weighted by Gasteiger charge is -2.34. The Morgan fingerprint density at radius 2 is 2.00 bits per heavy atom. The highest BCUT2D eigenvalue weighted by Crippen LogP contribution is 2.22. The molecule has 1 aliphatic rings. The van der Waals surface area contributed by atoms with Gasteiger partial charge in [-0.3, -0.25) is 4.90 Å². The van der Waals surface area contributed by atoms with Gasteiger partial charge in [0.05, 0.1) is 4.54 Å². The maximum Gasteiger partial charge on any atom is 0.249 e. The SMILES string of the molecule is CN(C)C(N1CCSCC1)n1[nH][n+](=O)c2ccccc21. The predicted octanol–water partition coefficient (Wildman–Crippen LogP) is 0.950. The van der Waals surface area contributed by atoms with Crippen LogP contribution in [-0.2, 0) is 0 Å². The van der Waals surface area contributed by atoms with Crippen LogP contribution in [0.4, 0.5) is 0 Å². The summed E-state index contributed by atoms with van der Waals surface area (Å²) in [5.41, 5.74) is 1.60. The molecule has 7 heteroatoms. The van der Waals surface area contributed by atoms with Crippen LogP contribution in [0.25, 0.3) is 11.0 Å². The van der Waals surface area contributed by atoms with E-state index in [1.807, 2.05) is 54.8 Å². The fourth-order valence-electron chi connectivity index (χ4n) is 2.75. The molecule has 2 heterocycles. The molecule has 0 saturated carbocycles. The summed E-state index contributed by atoms with van der Waals surface area (Å²) < 4.78 is 2.79. The van der Waals surface area contributed by atoms with Crippen molar-refractivity contribution in [2.45, 2.75) is 6.29 Å². The molecule has 0 aliphatic carbocycles. The fourth-order valence-corrected chi connectivity index (χ4v) is 3.68. The number of hydrogen-bond acceptors (Lipinski definition) is 4. The maximum absolute atomic E-state index is 12.0. The molecule has 1 saturated heterocycles. The minimum atomic E-state index is 0.0380. The van der Waals surface area contributed by atoms with Gasteiger partial charge in [0.15, 0.2) is 0 Å². The second-order valence-corrected chi connectivity index (χ2v) is 6.44. The summed E-state index contributed by atoms with van der Waals surface area (Å²) >= 11 is 1.99. The first kappa shape index (κ1) is 13.7. The molecular weight excluding hydrogens is 274 g/mol. The lowest BCUT2D eigenvalue weighted by Crippen LogP contribution is -2.46. The van der Waals surface area contributed by atoms with Crippen LogP contribution in [0.2, 0.25) is 0 Å². The van der Waals surface area contributed by atoms with Crippen molar-refractivity contribution >= 4 is 22.8 Å². The Morgan fingerprint density at radius 3 is 2.70 bits per heavy atom. The fraction of sp³-hybridized carbons (Fsp3) is 0.538. The van der Waals surface area contributed by atoms with Crippen molar-refractivity contribution in [2.75, 3.05) is 38.7 Å². The highest BCUT2D eigenvalue weighted by atomic mass is 32.2. The molecule has 0 amide bonds. The number of benzene rings is 1. The smallest absolute Gasteiger partial charge is 0.249 e. The summed E-state index contributed by atoms with van der Waals surface area (Å²) in [5, 5.41) is 2.92. The minimum Gasteiger partial charge on any atom is -0.256 e. The van der Waals surface area contributed by atoms with E-state index in [0.29, 0.717) is 5.52 Å². The first-order valence-corrected chi connectivity index (χ1v) is 7.94. The Bertz CT molecular complexity index is 643. The van der Waals surface area contributed by atoms with E-state index >= 15 is 0 Å². The van der Waals surface area contributed by atoms with Gasteiger partial charge in [0.25, 0.3) is 0 Å². The molecular formula is C13H20N5OS+. The van der Waals surface area contributed by atoms with Gasteiger partial charge in [-0.25, -0.2) is 4.90 Å². The summed E-state index contributed by atoms with van der Waals surface area (Å²) in [6, 6.07) is 7.67. The molecule has 20 heavy (non-hydrogen) atoms. The van der Waals surface area contributed by atoms with E-state index in [0.717, 1.165) is 34.7 Å². The molecule has 108 valence electrons. The molecule has 1 N–H and O–H groups in total. The molecule has 1 aliphatic heterocycles. The first-order valence-electron chi connectivity index (χ1n) is 6.78. The van der Waals surface area contributed by atoms with Crippen LogP contribution in [0.3, 0.4) is 0 Å². The van der Waals surface area contributed by atoms with Crippen LogP contribution in [0.1, 0.15) is 6.29 Å². The Hall–Kier alpha value is -1.31. The van der Waals surface area contributed by atoms with Gasteiger partial charge in [0.2, 0.25) is 17.3 Å². The zero-order valence-corrected chi connectivity index (χ0v) is 12.6. The molecule has 0 spiro atoms. The number of fused-ring (bicyclic) bond motifs is 1. The van der Waals surface area contributed by atoms with Gasteiger partial charge in [-0.05, 0) is 31.1 Å². The van der Waals surface area contributed by atoms with Crippen molar-refractivity contribution in [3.8, 4) is 0 Å². The molecule has 6 nitrogen and oxygen atoms in total.